The molecule has 4 rings (SSSR count). The van der Waals surface area contributed by atoms with Gasteiger partial charge in [-0.15, -0.1) is 10.2 Å². The van der Waals surface area contributed by atoms with Gasteiger partial charge in [-0.25, -0.2) is 0 Å². The molecule has 6 nitrogen and oxygen atoms in total. The van der Waals surface area contributed by atoms with Crippen molar-refractivity contribution in [2.75, 3.05) is 11.4 Å². The molecule has 1 saturated heterocycles. The van der Waals surface area contributed by atoms with Gasteiger partial charge in [0.05, 0.1) is 12.1 Å². The van der Waals surface area contributed by atoms with Crippen molar-refractivity contribution in [1.29, 1.82) is 0 Å². The van der Waals surface area contributed by atoms with E-state index in [9.17, 15) is 4.79 Å². The minimum absolute atomic E-state index is 0.0176. The summed E-state index contributed by atoms with van der Waals surface area (Å²) in [6, 6.07) is 9.78. The van der Waals surface area contributed by atoms with Crippen molar-refractivity contribution in [3.63, 3.8) is 0 Å². The van der Waals surface area contributed by atoms with E-state index in [4.69, 9.17) is 0 Å². The van der Waals surface area contributed by atoms with E-state index in [1.54, 1.807) is 0 Å². The van der Waals surface area contributed by atoms with E-state index in [0.29, 0.717) is 0 Å². The van der Waals surface area contributed by atoms with Crippen molar-refractivity contribution in [3.8, 4) is 0 Å². The zero-order valence-electron chi connectivity index (χ0n) is 14.7. The summed E-state index contributed by atoms with van der Waals surface area (Å²) in [5.41, 5.74) is 0.978. The van der Waals surface area contributed by atoms with Gasteiger partial charge in [0.15, 0.2) is 0 Å². The van der Waals surface area contributed by atoms with Crippen LogP contribution in [0.2, 0.25) is 0 Å². The zero-order valence-corrected chi connectivity index (χ0v) is 14.7. The predicted molar refractivity (Wildman–Crippen MR) is 96.3 cm³/mol. The molecule has 132 valence electrons. The second-order valence-electron chi connectivity index (χ2n) is 6.99. The van der Waals surface area contributed by atoms with Crippen LogP contribution in [-0.2, 0) is 17.8 Å². The number of nitrogens with zero attached hydrogens (tertiary/aromatic N) is 4. The van der Waals surface area contributed by atoms with Crippen molar-refractivity contribution in [1.82, 2.24) is 20.1 Å². The third-order valence-electron chi connectivity index (χ3n) is 5.23. The second-order valence-corrected chi connectivity index (χ2v) is 6.99. The van der Waals surface area contributed by atoms with Crippen LogP contribution in [0, 0.1) is 0 Å². The number of aromatic nitrogens is 3. The van der Waals surface area contributed by atoms with E-state index < -0.39 is 0 Å². The van der Waals surface area contributed by atoms with E-state index in [-0.39, 0.29) is 18.0 Å². The smallest absolute Gasteiger partial charge is 0.244 e. The monoisotopic (exact) mass is 339 g/mol. The number of carbonyl (C=O) groups is 1. The summed E-state index contributed by atoms with van der Waals surface area (Å²) in [6.07, 6.45) is 5.24. The van der Waals surface area contributed by atoms with Gasteiger partial charge in [0.1, 0.15) is 11.6 Å². The molecule has 0 radical (unpaired) electrons. The van der Waals surface area contributed by atoms with E-state index in [0.717, 1.165) is 49.7 Å². The summed E-state index contributed by atoms with van der Waals surface area (Å²) in [5, 5.41) is 12.2. The highest BCUT2D eigenvalue weighted by molar-refractivity contribution is 5.97. The molecule has 0 spiro atoms. The largest absolute Gasteiger partial charge is 0.314 e. The lowest BCUT2D eigenvalue weighted by Crippen LogP contribution is -2.51. The number of para-hydroxylation sites is 1. The molecule has 2 aromatic rings. The maximum Gasteiger partial charge on any atom is 0.244 e. The third kappa shape index (κ3) is 3.18. The summed E-state index contributed by atoms with van der Waals surface area (Å²) < 4.78 is 2.23. The van der Waals surface area contributed by atoms with Crippen LogP contribution in [0.25, 0.3) is 0 Å². The van der Waals surface area contributed by atoms with E-state index in [1.807, 2.05) is 35.2 Å². The molecule has 0 bridgehead atoms. The van der Waals surface area contributed by atoms with Crippen molar-refractivity contribution in [2.24, 2.45) is 0 Å². The van der Waals surface area contributed by atoms with Crippen LogP contribution in [-0.4, -0.2) is 33.3 Å². The first-order valence-corrected chi connectivity index (χ1v) is 9.28. The first-order valence-electron chi connectivity index (χ1n) is 9.28. The lowest BCUT2D eigenvalue weighted by Gasteiger charge is -2.34. The Morgan fingerprint density at radius 1 is 1.12 bits per heavy atom. The lowest BCUT2D eigenvalue weighted by molar-refractivity contribution is -0.122. The van der Waals surface area contributed by atoms with Gasteiger partial charge in [0, 0.05) is 25.2 Å². The number of piperidine rings is 1. The van der Waals surface area contributed by atoms with Gasteiger partial charge < -0.3 is 9.47 Å². The molecule has 0 unspecified atom stereocenters. The van der Waals surface area contributed by atoms with Crippen LogP contribution in [0.15, 0.2) is 30.3 Å². The van der Waals surface area contributed by atoms with Gasteiger partial charge in [0.25, 0.3) is 0 Å². The maximum atomic E-state index is 12.9. The lowest BCUT2D eigenvalue weighted by atomic mass is 10.0. The van der Waals surface area contributed by atoms with E-state index in [2.05, 4.69) is 27.0 Å². The van der Waals surface area contributed by atoms with Crippen LogP contribution in [0.4, 0.5) is 5.69 Å². The van der Waals surface area contributed by atoms with Crippen LogP contribution in [0.1, 0.15) is 50.3 Å². The molecule has 25 heavy (non-hydrogen) atoms. The van der Waals surface area contributed by atoms with Crippen LogP contribution >= 0.6 is 0 Å². The number of carbonyl (C=O) groups excluding carboxylic acids is 1. The zero-order chi connectivity index (χ0) is 17.2. The summed E-state index contributed by atoms with van der Waals surface area (Å²) >= 11 is 0. The number of fused-ring (bicyclic) bond motifs is 1. The van der Waals surface area contributed by atoms with Crippen molar-refractivity contribution < 1.29 is 4.79 Å². The minimum atomic E-state index is -0.166. The maximum absolute atomic E-state index is 12.9. The topological polar surface area (TPSA) is 63.1 Å². The molecule has 2 aliphatic heterocycles. The van der Waals surface area contributed by atoms with Gasteiger partial charge >= 0.3 is 0 Å². The molecular weight excluding hydrogens is 314 g/mol. The standard InChI is InChI=1S/C19H25N5O/c1-14(18-22-21-17-11-5-6-12-24(17)18)20-16-10-7-13-23(19(16)25)15-8-3-2-4-9-15/h2-4,8-9,14,16,20H,5-7,10-13H2,1H3/t14-,16+/m1/s1. The molecule has 1 aromatic heterocycles. The molecule has 2 atom stereocenters. The average Bonchev–Trinajstić information content (AvgIpc) is 3.08. The Balaban J connectivity index is 1.48. The molecule has 6 heteroatoms. The normalized spacial score (nSPS) is 21.9. The van der Waals surface area contributed by atoms with Crippen molar-refractivity contribution in [3.05, 3.63) is 42.0 Å². The molecule has 3 heterocycles. The second kappa shape index (κ2) is 6.96. The van der Waals surface area contributed by atoms with Gasteiger partial charge in [0.2, 0.25) is 5.91 Å². The third-order valence-corrected chi connectivity index (χ3v) is 5.23. The highest BCUT2D eigenvalue weighted by Crippen LogP contribution is 2.24. The fraction of sp³-hybridized carbons (Fsp3) is 0.526. The fourth-order valence-corrected chi connectivity index (χ4v) is 3.92. The highest BCUT2D eigenvalue weighted by Gasteiger charge is 2.32. The molecule has 0 aliphatic carbocycles. The number of aryl methyl sites for hydroxylation is 1. The van der Waals surface area contributed by atoms with Gasteiger partial charge in [-0.05, 0) is 44.7 Å². The molecule has 1 N–H and O–H groups in total. The van der Waals surface area contributed by atoms with E-state index in [1.165, 1.54) is 12.8 Å². The van der Waals surface area contributed by atoms with Crippen LogP contribution < -0.4 is 10.2 Å². The molecule has 1 amide bonds. The van der Waals surface area contributed by atoms with Gasteiger partial charge in [-0.2, -0.15) is 0 Å². The number of hydrogen-bond acceptors (Lipinski definition) is 4. The Kier molecular flexibility index (Phi) is 4.53. The van der Waals surface area contributed by atoms with Crippen LogP contribution in [0.5, 0.6) is 0 Å². The Morgan fingerprint density at radius 3 is 2.80 bits per heavy atom. The fourth-order valence-electron chi connectivity index (χ4n) is 3.92. The van der Waals surface area contributed by atoms with Crippen molar-refractivity contribution in [2.45, 2.75) is 57.7 Å². The molecule has 2 aliphatic rings. The Labute approximate surface area is 148 Å². The first kappa shape index (κ1) is 16.3. The quantitative estimate of drug-likeness (QED) is 0.929. The summed E-state index contributed by atoms with van der Waals surface area (Å²) in [5.74, 6) is 2.19. The average molecular weight is 339 g/mol. The molecule has 1 aromatic carbocycles. The molecule has 0 saturated carbocycles. The summed E-state index contributed by atoms with van der Waals surface area (Å²) in [6.45, 7) is 3.86. The number of hydrogen-bond donors (Lipinski definition) is 1. The van der Waals surface area contributed by atoms with E-state index >= 15 is 0 Å². The summed E-state index contributed by atoms with van der Waals surface area (Å²) in [7, 11) is 0. The summed E-state index contributed by atoms with van der Waals surface area (Å²) in [4.78, 5) is 14.8. The Hall–Kier alpha value is -2.21. The van der Waals surface area contributed by atoms with Gasteiger partial charge in [-0.1, -0.05) is 18.2 Å². The first-order chi connectivity index (χ1) is 12.2. The SMILES string of the molecule is C[C@@H](N[C@H]1CCCN(c2ccccc2)C1=O)c1nnc2n1CCCC2. The number of rotatable bonds is 4. The highest BCUT2D eigenvalue weighted by atomic mass is 16.2. The molecular formula is C19H25N5O. The predicted octanol–water partition coefficient (Wildman–Crippen LogP) is 2.46. The molecule has 1 fully saturated rings. The van der Waals surface area contributed by atoms with Crippen LogP contribution in [0.3, 0.4) is 0 Å². The Bertz CT molecular complexity index is 742. The minimum Gasteiger partial charge on any atom is -0.314 e. The number of nitrogens with one attached hydrogen (secondary N) is 1. The Morgan fingerprint density at radius 2 is 1.96 bits per heavy atom. The van der Waals surface area contributed by atoms with Gasteiger partial charge in [-0.3, -0.25) is 10.1 Å². The number of amides is 1. The number of anilines is 1. The number of benzene rings is 1. The van der Waals surface area contributed by atoms with Crippen molar-refractivity contribution >= 4 is 11.6 Å².